The lowest BCUT2D eigenvalue weighted by atomic mass is 10.2. The number of rotatable bonds is 8. The average Bonchev–Trinajstić information content (AvgIpc) is 2.36. The third kappa shape index (κ3) is 6.17. The van der Waals surface area contributed by atoms with Crippen LogP contribution in [0.2, 0.25) is 0 Å². The molecule has 1 heterocycles. The second-order valence-corrected chi connectivity index (χ2v) is 4.66. The number of nitrogens with one attached hydrogen (secondary N) is 1. The predicted molar refractivity (Wildman–Crippen MR) is 73.3 cm³/mol. The van der Waals surface area contributed by atoms with Crippen molar-refractivity contribution in [1.29, 1.82) is 0 Å². The lowest BCUT2D eigenvalue weighted by Crippen LogP contribution is -2.23. The molecular weight excluding hydrogens is 260 g/mol. The Labute approximate surface area is 118 Å². The molecule has 2 N–H and O–H groups in total. The Morgan fingerprint density at radius 3 is 2.80 bits per heavy atom. The molecule has 6 heteroatoms. The highest BCUT2D eigenvalue weighted by Gasteiger charge is 2.08. The van der Waals surface area contributed by atoms with Crippen LogP contribution in [0.4, 0.5) is 0 Å². The van der Waals surface area contributed by atoms with Crippen LogP contribution < -0.4 is 10.1 Å². The third-order valence-corrected chi connectivity index (χ3v) is 2.47. The number of aromatic nitrogens is 1. The number of carboxylic acid groups (broad SMARTS) is 1. The number of amides is 1. The SMILES string of the molecule is CC(C)Oc1ncccc1CNC(=O)CCCC(=O)O. The fraction of sp³-hybridized carbons (Fsp3) is 0.500. The zero-order valence-corrected chi connectivity index (χ0v) is 11.8. The molecule has 0 saturated heterocycles. The quantitative estimate of drug-likeness (QED) is 0.757. The predicted octanol–water partition coefficient (Wildman–Crippen LogP) is 1.74. The summed E-state index contributed by atoms with van der Waals surface area (Å²) in [7, 11) is 0. The van der Waals surface area contributed by atoms with Gasteiger partial charge in [-0.1, -0.05) is 6.07 Å². The van der Waals surface area contributed by atoms with E-state index in [1.807, 2.05) is 19.9 Å². The molecule has 0 fully saturated rings. The lowest BCUT2D eigenvalue weighted by molar-refractivity contribution is -0.137. The molecule has 1 aromatic heterocycles. The van der Waals surface area contributed by atoms with Crippen molar-refractivity contribution in [1.82, 2.24) is 10.3 Å². The van der Waals surface area contributed by atoms with Crippen LogP contribution >= 0.6 is 0 Å². The van der Waals surface area contributed by atoms with Crippen molar-refractivity contribution in [3.63, 3.8) is 0 Å². The van der Waals surface area contributed by atoms with Gasteiger partial charge in [-0.3, -0.25) is 9.59 Å². The molecule has 0 spiro atoms. The van der Waals surface area contributed by atoms with E-state index in [0.717, 1.165) is 5.56 Å². The Morgan fingerprint density at radius 1 is 1.40 bits per heavy atom. The summed E-state index contributed by atoms with van der Waals surface area (Å²) >= 11 is 0. The Hall–Kier alpha value is -2.11. The van der Waals surface area contributed by atoms with E-state index in [2.05, 4.69) is 10.3 Å². The van der Waals surface area contributed by atoms with Crippen LogP contribution in [0.15, 0.2) is 18.3 Å². The number of carbonyl (C=O) groups excluding carboxylic acids is 1. The molecule has 0 aliphatic rings. The fourth-order valence-electron chi connectivity index (χ4n) is 1.57. The Morgan fingerprint density at radius 2 is 2.15 bits per heavy atom. The summed E-state index contributed by atoms with van der Waals surface area (Å²) in [5.41, 5.74) is 0.799. The first-order valence-corrected chi connectivity index (χ1v) is 6.58. The maximum Gasteiger partial charge on any atom is 0.303 e. The molecule has 1 rings (SSSR count). The topological polar surface area (TPSA) is 88.5 Å². The molecule has 0 aromatic carbocycles. The van der Waals surface area contributed by atoms with Crippen molar-refractivity contribution in [2.45, 2.75) is 45.8 Å². The molecule has 0 aliphatic carbocycles. The van der Waals surface area contributed by atoms with Crippen LogP contribution in [-0.2, 0) is 16.1 Å². The number of aliphatic carboxylic acids is 1. The van der Waals surface area contributed by atoms with Crippen molar-refractivity contribution in [3.8, 4) is 5.88 Å². The van der Waals surface area contributed by atoms with Crippen LogP contribution in [0.1, 0.15) is 38.7 Å². The van der Waals surface area contributed by atoms with E-state index in [9.17, 15) is 9.59 Å². The van der Waals surface area contributed by atoms with Gasteiger partial charge in [0.2, 0.25) is 11.8 Å². The molecule has 0 aliphatic heterocycles. The van der Waals surface area contributed by atoms with E-state index in [1.165, 1.54) is 0 Å². The average molecular weight is 280 g/mol. The summed E-state index contributed by atoms with van der Waals surface area (Å²) in [6.45, 7) is 4.13. The van der Waals surface area contributed by atoms with Crippen LogP contribution in [0, 0.1) is 0 Å². The molecule has 1 amide bonds. The standard InChI is InChI=1S/C14H20N2O4/c1-10(2)20-14-11(5-4-8-15-14)9-16-12(17)6-3-7-13(18)19/h4-5,8,10H,3,6-7,9H2,1-2H3,(H,16,17)(H,18,19). The fourth-order valence-corrected chi connectivity index (χ4v) is 1.57. The molecule has 0 bridgehead atoms. The van der Waals surface area contributed by atoms with Gasteiger partial charge in [0.15, 0.2) is 0 Å². The largest absolute Gasteiger partial charge is 0.481 e. The molecule has 0 atom stereocenters. The van der Waals surface area contributed by atoms with Gasteiger partial charge in [0, 0.05) is 31.1 Å². The van der Waals surface area contributed by atoms with Crippen molar-refractivity contribution in [2.75, 3.05) is 0 Å². The van der Waals surface area contributed by atoms with Crippen LogP contribution in [0.25, 0.3) is 0 Å². The van der Waals surface area contributed by atoms with Gasteiger partial charge in [-0.15, -0.1) is 0 Å². The van der Waals surface area contributed by atoms with Crippen molar-refractivity contribution < 1.29 is 19.4 Å². The van der Waals surface area contributed by atoms with E-state index in [0.29, 0.717) is 18.8 Å². The molecule has 0 radical (unpaired) electrons. The number of carbonyl (C=O) groups is 2. The zero-order valence-electron chi connectivity index (χ0n) is 11.8. The Balaban J connectivity index is 2.44. The maximum atomic E-state index is 11.6. The van der Waals surface area contributed by atoms with Gasteiger partial charge >= 0.3 is 5.97 Å². The van der Waals surface area contributed by atoms with Crippen molar-refractivity contribution >= 4 is 11.9 Å². The highest BCUT2D eigenvalue weighted by molar-refractivity contribution is 5.76. The highest BCUT2D eigenvalue weighted by atomic mass is 16.5. The monoisotopic (exact) mass is 280 g/mol. The third-order valence-electron chi connectivity index (χ3n) is 2.47. The van der Waals surface area contributed by atoms with Crippen molar-refractivity contribution in [3.05, 3.63) is 23.9 Å². The van der Waals surface area contributed by atoms with Gasteiger partial charge in [0.1, 0.15) is 0 Å². The van der Waals surface area contributed by atoms with Gasteiger partial charge in [-0.2, -0.15) is 0 Å². The number of ether oxygens (including phenoxy) is 1. The Kier molecular flexibility index (Phi) is 6.49. The van der Waals surface area contributed by atoms with E-state index in [1.54, 1.807) is 12.3 Å². The summed E-state index contributed by atoms with van der Waals surface area (Å²) in [6.07, 6.45) is 2.18. The van der Waals surface area contributed by atoms with Crippen LogP contribution in [0.3, 0.4) is 0 Å². The minimum atomic E-state index is -0.891. The van der Waals surface area contributed by atoms with Crippen molar-refractivity contribution in [2.24, 2.45) is 0 Å². The summed E-state index contributed by atoms with van der Waals surface area (Å²) in [6, 6.07) is 3.61. The number of hydrogen-bond acceptors (Lipinski definition) is 4. The molecule has 6 nitrogen and oxygen atoms in total. The van der Waals surface area contributed by atoms with E-state index >= 15 is 0 Å². The van der Waals surface area contributed by atoms with Crippen LogP contribution in [-0.4, -0.2) is 28.1 Å². The summed E-state index contributed by atoms with van der Waals surface area (Å²) in [5.74, 6) is -0.559. The smallest absolute Gasteiger partial charge is 0.303 e. The summed E-state index contributed by atoms with van der Waals surface area (Å²) in [5, 5.41) is 11.2. The van der Waals surface area contributed by atoms with E-state index < -0.39 is 5.97 Å². The molecule has 20 heavy (non-hydrogen) atoms. The van der Waals surface area contributed by atoms with Gasteiger partial charge in [0.25, 0.3) is 0 Å². The Bertz CT molecular complexity index is 460. The summed E-state index contributed by atoms with van der Waals surface area (Å²) < 4.78 is 5.55. The van der Waals surface area contributed by atoms with Crippen LogP contribution in [0.5, 0.6) is 5.88 Å². The zero-order chi connectivity index (χ0) is 15.0. The molecule has 1 aromatic rings. The minimum Gasteiger partial charge on any atom is -0.481 e. The first-order chi connectivity index (χ1) is 9.49. The molecule has 0 saturated carbocycles. The van der Waals surface area contributed by atoms with Gasteiger partial charge in [0.05, 0.1) is 6.10 Å². The number of carboxylic acids is 1. The van der Waals surface area contributed by atoms with Gasteiger partial charge < -0.3 is 15.2 Å². The van der Waals surface area contributed by atoms with E-state index in [4.69, 9.17) is 9.84 Å². The molecule has 110 valence electrons. The normalized spacial score (nSPS) is 10.3. The van der Waals surface area contributed by atoms with Gasteiger partial charge in [-0.05, 0) is 26.3 Å². The van der Waals surface area contributed by atoms with Gasteiger partial charge in [-0.25, -0.2) is 4.98 Å². The first-order valence-electron chi connectivity index (χ1n) is 6.58. The molecule has 0 unspecified atom stereocenters. The lowest BCUT2D eigenvalue weighted by Gasteiger charge is -2.13. The summed E-state index contributed by atoms with van der Waals surface area (Å²) in [4.78, 5) is 26.0. The second-order valence-electron chi connectivity index (χ2n) is 4.66. The first kappa shape index (κ1) is 15.9. The number of nitrogens with zero attached hydrogens (tertiary/aromatic N) is 1. The number of hydrogen-bond donors (Lipinski definition) is 2. The minimum absolute atomic E-state index is 0.00201. The second kappa shape index (κ2) is 8.14. The van der Waals surface area contributed by atoms with E-state index in [-0.39, 0.29) is 24.9 Å². The maximum absolute atomic E-state index is 11.6. The highest BCUT2D eigenvalue weighted by Crippen LogP contribution is 2.15. The molecular formula is C14H20N2O4. The number of pyridine rings is 1.